The van der Waals surface area contributed by atoms with Gasteiger partial charge in [-0.15, -0.1) is 0 Å². The van der Waals surface area contributed by atoms with Gasteiger partial charge in [0, 0.05) is 35.9 Å². The van der Waals surface area contributed by atoms with Crippen LogP contribution in [0.15, 0.2) is 49.1 Å². The number of carbonyl (C=O) groups excluding carboxylic acids is 1. The zero-order chi connectivity index (χ0) is 20.4. The molecule has 7 heteroatoms. The number of methoxy groups -OCH3 is 1. The van der Waals surface area contributed by atoms with Gasteiger partial charge in [-0.2, -0.15) is 0 Å². The molecule has 4 aromatic rings. The molecule has 3 heterocycles. The van der Waals surface area contributed by atoms with Gasteiger partial charge in [0.1, 0.15) is 12.1 Å². The van der Waals surface area contributed by atoms with Gasteiger partial charge in [0.05, 0.1) is 29.8 Å². The van der Waals surface area contributed by atoms with E-state index >= 15 is 0 Å². The third kappa shape index (κ3) is 3.67. The summed E-state index contributed by atoms with van der Waals surface area (Å²) in [5, 5.41) is 4.03. The summed E-state index contributed by atoms with van der Waals surface area (Å²) in [5.41, 5.74) is 6.05. The minimum atomic E-state index is -0.185. The molecule has 0 saturated carbocycles. The lowest BCUT2D eigenvalue weighted by molar-refractivity contribution is 0.0949. The quantitative estimate of drug-likeness (QED) is 0.546. The van der Waals surface area contributed by atoms with Crippen LogP contribution < -0.4 is 10.1 Å². The molecular weight excluding hydrogens is 366 g/mol. The molecule has 4 rings (SSSR count). The summed E-state index contributed by atoms with van der Waals surface area (Å²) in [6.07, 6.45) is 4.70. The molecule has 0 aliphatic rings. The molecule has 2 N–H and O–H groups in total. The molecule has 3 aromatic heterocycles. The molecule has 0 unspecified atom stereocenters. The molecule has 7 nitrogen and oxygen atoms in total. The molecule has 29 heavy (non-hydrogen) atoms. The van der Waals surface area contributed by atoms with Crippen LogP contribution in [-0.2, 0) is 6.54 Å². The summed E-state index contributed by atoms with van der Waals surface area (Å²) < 4.78 is 5.31. The number of pyridine rings is 1. The van der Waals surface area contributed by atoms with Crippen molar-refractivity contribution in [2.75, 3.05) is 7.11 Å². The highest BCUT2D eigenvalue weighted by Gasteiger charge is 2.13. The number of amides is 1. The SMILES string of the molecule is COc1ccnc(-c2[nH]c3ccc(CNC(=O)c4cncnc4C)cc3c2C)c1. The van der Waals surface area contributed by atoms with Gasteiger partial charge in [0.2, 0.25) is 0 Å². The van der Waals surface area contributed by atoms with Crippen molar-refractivity contribution in [1.82, 2.24) is 25.3 Å². The maximum Gasteiger partial charge on any atom is 0.254 e. The molecule has 0 atom stereocenters. The standard InChI is InChI=1S/C22H21N5O2/c1-13-17-8-15(10-25-22(28)18-11-23-12-26-14(18)2)4-5-19(17)27-21(13)20-9-16(29-3)6-7-24-20/h4-9,11-12,27H,10H2,1-3H3,(H,25,28). The first-order chi connectivity index (χ1) is 14.1. The van der Waals surface area contributed by atoms with E-state index in [9.17, 15) is 4.79 Å². The lowest BCUT2D eigenvalue weighted by Gasteiger charge is -2.07. The Morgan fingerprint density at radius 3 is 2.83 bits per heavy atom. The van der Waals surface area contributed by atoms with E-state index in [1.807, 2.05) is 24.3 Å². The molecule has 146 valence electrons. The second-order valence-electron chi connectivity index (χ2n) is 6.79. The average Bonchev–Trinajstić information content (AvgIpc) is 3.08. The maximum absolute atomic E-state index is 12.4. The van der Waals surface area contributed by atoms with Crippen LogP contribution in [0.5, 0.6) is 5.75 Å². The molecular formula is C22H21N5O2. The average molecular weight is 387 g/mol. The summed E-state index contributed by atoms with van der Waals surface area (Å²) in [7, 11) is 1.64. The molecule has 0 fully saturated rings. The molecule has 0 aliphatic carbocycles. The predicted molar refractivity (Wildman–Crippen MR) is 111 cm³/mol. The van der Waals surface area contributed by atoms with E-state index in [1.54, 1.807) is 20.2 Å². The lowest BCUT2D eigenvalue weighted by atomic mass is 10.1. The van der Waals surface area contributed by atoms with E-state index < -0.39 is 0 Å². The first-order valence-electron chi connectivity index (χ1n) is 9.23. The van der Waals surface area contributed by atoms with Crippen LogP contribution in [0.25, 0.3) is 22.3 Å². The summed E-state index contributed by atoms with van der Waals surface area (Å²) in [4.78, 5) is 28.3. The van der Waals surface area contributed by atoms with E-state index in [4.69, 9.17) is 4.74 Å². The second kappa shape index (κ2) is 7.71. The predicted octanol–water partition coefficient (Wildman–Crippen LogP) is 3.58. The fraction of sp³-hybridized carbons (Fsp3) is 0.182. The second-order valence-corrected chi connectivity index (χ2v) is 6.79. The fourth-order valence-corrected chi connectivity index (χ4v) is 3.31. The minimum Gasteiger partial charge on any atom is -0.497 e. The minimum absolute atomic E-state index is 0.185. The van der Waals surface area contributed by atoms with Crippen LogP contribution in [0.4, 0.5) is 0 Å². The zero-order valence-corrected chi connectivity index (χ0v) is 16.5. The summed E-state index contributed by atoms with van der Waals surface area (Å²) >= 11 is 0. The van der Waals surface area contributed by atoms with Crippen molar-refractivity contribution < 1.29 is 9.53 Å². The van der Waals surface area contributed by atoms with Crippen molar-refractivity contribution in [1.29, 1.82) is 0 Å². The highest BCUT2D eigenvalue weighted by Crippen LogP contribution is 2.30. The van der Waals surface area contributed by atoms with E-state index in [1.165, 1.54) is 12.5 Å². The van der Waals surface area contributed by atoms with Gasteiger partial charge in [0.25, 0.3) is 5.91 Å². The number of nitrogens with zero attached hydrogens (tertiary/aromatic N) is 3. The largest absolute Gasteiger partial charge is 0.497 e. The van der Waals surface area contributed by atoms with Crippen molar-refractivity contribution in [3.63, 3.8) is 0 Å². The Balaban J connectivity index is 1.59. The number of rotatable bonds is 5. The number of nitrogens with one attached hydrogen (secondary N) is 2. The van der Waals surface area contributed by atoms with E-state index in [2.05, 4.69) is 38.2 Å². The Morgan fingerprint density at radius 2 is 2.03 bits per heavy atom. The van der Waals surface area contributed by atoms with Crippen LogP contribution in [-0.4, -0.2) is 33.0 Å². The number of ether oxygens (including phenoxy) is 1. The van der Waals surface area contributed by atoms with E-state index in [0.717, 1.165) is 39.2 Å². The number of hydrogen-bond donors (Lipinski definition) is 2. The van der Waals surface area contributed by atoms with Crippen LogP contribution in [0.3, 0.4) is 0 Å². The van der Waals surface area contributed by atoms with Crippen molar-refractivity contribution in [2.45, 2.75) is 20.4 Å². The van der Waals surface area contributed by atoms with Gasteiger partial charge in [0.15, 0.2) is 0 Å². The number of hydrogen-bond acceptors (Lipinski definition) is 5. The third-order valence-corrected chi connectivity index (χ3v) is 4.96. The first kappa shape index (κ1) is 18.6. The maximum atomic E-state index is 12.4. The van der Waals surface area contributed by atoms with Gasteiger partial charge in [-0.3, -0.25) is 9.78 Å². The molecule has 1 amide bonds. The number of benzene rings is 1. The van der Waals surface area contributed by atoms with Gasteiger partial charge >= 0.3 is 0 Å². The van der Waals surface area contributed by atoms with Gasteiger partial charge < -0.3 is 15.0 Å². The van der Waals surface area contributed by atoms with Gasteiger partial charge in [-0.05, 0) is 43.2 Å². The molecule has 1 aromatic carbocycles. The molecule has 0 bridgehead atoms. The highest BCUT2D eigenvalue weighted by atomic mass is 16.5. The topological polar surface area (TPSA) is 92.8 Å². The van der Waals surface area contributed by atoms with Crippen molar-refractivity contribution in [3.05, 3.63) is 71.4 Å². The van der Waals surface area contributed by atoms with Crippen LogP contribution in [0.2, 0.25) is 0 Å². The van der Waals surface area contributed by atoms with Crippen molar-refractivity contribution in [3.8, 4) is 17.1 Å². The molecule has 0 aliphatic heterocycles. The number of H-pyrrole nitrogens is 1. The van der Waals surface area contributed by atoms with Crippen molar-refractivity contribution in [2.24, 2.45) is 0 Å². The Morgan fingerprint density at radius 1 is 1.17 bits per heavy atom. The van der Waals surface area contributed by atoms with Crippen molar-refractivity contribution >= 4 is 16.8 Å². The van der Waals surface area contributed by atoms with E-state index in [0.29, 0.717) is 17.8 Å². The Labute approximate surface area is 168 Å². The summed E-state index contributed by atoms with van der Waals surface area (Å²) in [6, 6.07) is 9.82. The Kier molecular flexibility index (Phi) is 4.95. The number of aromatic amines is 1. The number of aryl methyl sites for hydroxylation is 2. The number of carbonyl (C=O) groups is 1. The molecule has 0 radical (unpaired) electrons. The van der Waals surface area contributed by atoms with Crippen LogP contribution >= 0.6 is 0 Å². The molecule has 0 saturated heterocycles. The highest BCUT2D eigenvalue weighted by molar-refractivity contribution is 5.95. The van der Waals surface area contributed by atoms with Crippen LogP contribution in [0, 0.1) is 13.8 Å². The summed E-state index contributed by atoms with van der Waals surface area (Å²) in [5.74, 6) is 0.576. The lowest BCUT2D eigenvalue weighted by Crippen LogP contribution is -2.24. The zero-order valence-electron chi connectivity index (χ0n) is 16.5. The number of aromatic nitrogens is 4. The first-order valence-corrected chi connectivity index (χ1v) is 9.23. The Hall–Kier alpha value is -3.74. The molecule has 0 spiro atoms. The fourth-order valence-electron chi connectivity index (χ4n) is 3.31. The van der Waals surface area contributed by atoms with Crippen LogP contribution in [0.1, 0.15) is 27.2 Å². The van der Waals surface area contributed by atoms with Gasteiger partial charge in [-0.1, -0.05) is 6.07 Å². The summed E-state index contributed by atoms with van der Waals surface area (Å²) in [6.45, 7) is 4.27. The smallest absolute Gasteiger partial charge is 0.254 e. The number of fused-ring (bicyclic) bond motifs is 1. The monoisotopic (exact) mass is 387 g/mol. The van der Waals surface area contributed by atoms with Gasteiger partial charge in [-0.25, -0.2) is 9.97 Å². The Bertz CT molecular complexity index is 1200. The third-order valence-electron chi connectivity index (χ3n) is 4.96. The normalized spacial score (nSPS) is 10.9. The van der Waals surface area contributed by atoms with E-state index in [-0.39, 0.29) is 5.91 Å².